The zero-order valence-corrected chi connectivity index (χ0v) is 7.25. The van der Waals surface area contributed by atoms with E-state index in [1.807, 2.05) is 5.32 Å². The summed E-state index contributed by atoms with van der Waals surface area (Å²) in [5, 5.41) is 2.00. The van der Waals surface area contributed by atoms with Gasteiger partial charge >= 0.3 is 6.18 Å². The van der Waals surface area contributed by atoms with Crippen LogP contribution in [-0.2, 0) is 4.79 Å². The molecule has 0 aromatic heterocycles. The Morgan fingerprint density at radius 1 is 1.42 bits per heavy atom. The summed E-state index contributed by atoms with van der Waals surface area (Å²) in [5.74, 6) is -0.988. The lowest BCUT2D eigenvalue weighted by Gasteiger charge is -2.28. The van der Waals surface area contributed by atoms with E-state index in [1.54, 1.807) is 0 Å². The van der Waals surface area contributed by atoms with Crippen LogP contribution in [0.25, 0.3) is 0 Å². The van der Waals surface area contributed by atoms with Crippen LogP contribution in [0.3, 0.4) is 0 Å². The molecule has 1 amide bonds. The second kappa shape index (κ2) is 3.33. The molecule has 1 N–H and O–H groups in total. The number of hydrogen-bond acceptors (Lipinski definition) is 1. The molecule has 0 heterocycles. The number of rotatable bonds is 2. The molecular weight excluding hydrogens is 171 g/mol. The summed E-state index contributed by atoms with van der Waals surface area (Å²) < 4.78 is 36.8. The molecule has 0 spiro atoms. The molecule has 12 heavy (non-hydrogen) atoms. The second-order valence-corrected chi connectivity index (χ2v) is 2.76. The Bertz CT molecular complexity index is 178. The number of halogens is 3. The molecule has 0 aromatic rings. The predicted octanol–water partition coefficient (Wildman–Crippen LogP) is 1.71. The maximum absolute atomic E-state index is 12.3. The first-order valence-corrected chi connectivity index (χ1v) is 3.58. The van der Waals surface area contributed by atoms with Crippen molar-refractivity contribution in [2.24, 2.45) is 5.41 Å². The highest BCUT2D eigenvalue weighted by atomic mass is 19.4. The van der Waals surface area contributed by atoms with Crippen molar-refractivity contribution in [3.63, 3.8) is 0 Å². The standard InChI is InChI=1S/C7H12F3NO/c1-4-6(2,5(12)11-3)7(8,9)10/h4H2,1-3H3,(H,11,12)/t6-/m0/s1. The average Bonchev–Trinajstić information content (AvgIpc) is 1.99. The van der Waals surface area contributed by atoms with Crippen molar-refractivity contribution < 1.29 is 18.0 Å². The van der Waals surface area contributed by atoms with Crippen LogP contribution in [0.1, 0.15) is 20.3 Å². The minimum absolute atomic E-state index is 0.254. The Labute approximate surface area is 69.1 Å². The van der Waals surface area contributed by atoms with E-state index in [4.69, 9.17) is 0 Å². The number of carbonyl (C=O) groups is 1. The maximum Gasteiger partial charge on any atom is 0.402 e. The van der Waals surface area contributed by atoms with E-state index in [9.17, 15) is 18.0 Å². The molecule has 0 aromatic carbocycles. The van der Waals surface area contributed by atoms with E-state index < -0.39 is 17.5 Å². The molecule has 0 aliphatic heterocycles. The zero-order chi connectivity index (χ0) is 9.99. The SMILES string of the molecule is CC[C@@](C)(C(=O)NC)C(F)(F)F. The van der Waals surface area contributed by atoms with Crippen molar-refractivity contribution in [3.05, 3.63) is 0 Å². The quantitative estimate of drug-likeness (QED) is 0.693. The molecule has 0 saturated heterocycles. The summed E-state index contributed by atoms with van der Waals surface area (Å²) in [7, 11) is 1.20. The Morgan fingerprint density at radius 2 is 1.83 bits per heavy atom. The molecule has 0 aliphatic rings. The van der Waals surface area contributed by atoms with Crippen LogP contribution in [0.2, 0.25) is 0 Å². The van der Waals surface area contributed by atoms with E-state index in [0.717, 1.165) is 6.92 Å². The van der Waals surface area contributed by atoms with Gasteiger partial charge in [-0.1, -0.05) is 6.92 Å². The number of hydrogen-bond donors (Lipinski definition) is 1. The number of amides is 1. The summed E-state index contributed by atoms with van der Waals surface area (Å²) >= 11 is 0. The molecule has 0 fully saturated rings. The molecule has 0 radical (unpaired) electrons. The predicted molar refractivity (Wildman–Crippen MR) is 38.5 cm³/mol. The lowest BCUT2D eigenvalue weighted by atomic mass is 9.86. The smallest absolute Gasteiger partial charge is 0.358 e. The molecule has 0 saturated carbocycles. The van der Waals surface area contributed by atoms with Gasteiger partial charge in [-0.2, -0.15) is 13.2 Å². The van der Waals surface area contributed by atoms with Crippen LogP contribution >= 0.6 is 0 Å². The van der Waals surface area contributed by atoms with Crippen molar-refractivity contribution >= 4 is 5.91 Å². The van der Waals surface area contributed by atoms with Gasteiger partial charge in [0.1, 0.15) is 5.41 Å². The first-order chi connectivity index (χ1) is 5.29. The van der Waals surface area contributed by atoms with E-state index in [0.29, 0.717) is 0 Å². The minimum atomic E-state index is -4.48. The van der Waals surface area contributed by atoms with Crippen LogP contribution in [0.5, 0.6) is 0 Å². The van der Waals surface area contributed by atoms with Gasteiger partial charge in [0.15, 0.2) is 0 Å². The first kappa shape index (κ1) is 11.3. The molecule has 1 atom stereocenters. The number of carbonyl (C=O) groups excluding carboxylic acids is 1. The highest BCUT2D eigenvalue weighted by Gasteiger charge is 2.54. The van der Waals surface area contributed by atoms with Gasteiger partial charge < -0.3 is 5.32 Å². The first-order valence-electron chi connectivity index (χ1n) is 3.58. The lowest BCUT2D eigenvalue weighted by molar-refractivity contribution is -0.217. The summed E-state index contributed by atoms with van der Waals surface area (Å²) in [4.78, 5) is 10.9. The monoisotopic (exact) mass is 183 g/mol. The Hall–Kier alpha value is -0.740. The Balaban J connectivity index is 4.80. The van der Waals surface area contributed by atoms with Gasteiger partial charge in [0.05, 0.1) is 0 Å². The topological polar surface area (TPSA) is 29.1 Å². The fraction of sp³-hybridized carbons (Fsp3) is 0.857. The van der Waals surface area contributed by atoms with Crippen molar-refractivity contribution in [1.29, 1.82) is 0 Å². The van der Waals surface area contributed by atoms with Crippen molar-refractivity contribution in [2.75, 3.05) is 7.05 Å². The second-order valence-electron chi connectivity index (χ2n) is 2.76. The number of alkyl halides is 3. The fourth-order valence-corrected chi connectivity index (χ4v) is 0.766. The summed E-state index contributed by atoms with van der Waals surface area (Å²) in [6, 6.07) is 0. The van der Waals surface area contributed by atoms with Crippen LogP contribution < -0.4 is 5.32 Å². The van der Waals surface area contributed by atoms with Crippen molar-refractivity contribution in [1.82, 2.24) is 5.32 Å². The minimum Gasteiger partial charge on any atom is -0.358 e. The van der Waals surface area contributed by atoms with Crippen LogP contribution in [0.15, 0.2) is 0 Å². The highest BCUT2D eigenvalue weighted by Crippen LogP contribution is 2.40. The third kappa shape index (κ3) is 1.70. The molecular formula is C7H12F3NO. The highest BCUT2D eigenvalue weighted by molar-refractivity contribution is 5.82. The molecule has 72 valence electrons. The van der Waals surface area contributed by atoms with E-state index in [-0.39, 0.29) is 6.42 Å². The third-order valence-corrected chi connectivity index (χ3v) is 2.06. The molecule has 0 rings (SSSR count). The molecule has 2 nitrogen and oxygen atoms in total. The third-order valence-electron chi connectivity index (χ3n) is 2.06. The van der Waals surface area contributed by atoms with Gasteiger partial charge in [-0.15, -0.1) is 0 Å². The molecule has 0 unspecified atom stereocenters. The molecule has 5 heteroatoms. The Kier molecular flexibility index (Phi) is 3.12. The van der Waals surface area contributed by atoms with E-state index in [1.165, 1.54) is 14.0 Å². The zero-order valence-electron chi connectivity index (χ0n) is 7.25. The van der Waals surface area contributed by atoms with Crippen molar-refractivity contribution in [2.45, 2.75) is 26.4 Å². The van der Waals surface area contributed by atoms with Crippen molar-refractivity contribution in [3.8, 4) is 0 Å². The average molecular weight is 183 g/mol. The van der Waals surface area contributed by atoms with Crippen LogP contribution in [-0.4, -0.2) is 19.1 Å². The van der Waals surface area contributed by atoms with Gasteiger partial charge in [0.2, 0.25) is 5.91 Å². The summed E-state index contributed by atoms with van der Waals surface area (Å²) in [6.07, 6.45) is -4.74. The molecule has 0 aliphatic carbocycles. The van der Waals surface area contributed by atoms with Gasteiger partial charge in [0.25, 0.3) is 0 Å². The normalized spacial score (nSPS) is 16.8. The van der Waals surface area contributed by atoms with Gasteiger partial charge in [-0.25, -0.2) is 0 Å². The Morgan fingerprint density at radius 3 is 1.92 bits per heavy atom. The van der Waals surface area contributed by atoms with E-state index >= 15 is 0 Å². The van der Waals surface area contributed by atoms with Gasteiger partial charge in [-0.3, -0.25) is 4.79 Å². The summed E-state index contributed by atoms with van der Waals surface area (Å²) in [5.41, 5.74) is -2.26. The lowest BCUT2D eigenvalue weighted by Crippen LogP contribution is -2.47. The molecule has 0 bridgehead atoms. The van der Waals surface area contributed by atoms with Gasteiger partial charge in [0, 0.05) is 7.05 Å². The summed E-state index contributed by atoms with van der Waals surface area (Å²) in [6.45, 7) is 2.23. The maximum atomic E-state index is 12.3. The largest absolute Gasteiger partial charge is 0.402 e. The van der Waals surface area contributed by atoms with E-state index in [2.05, 4.69) is 0 Å². The number of nitrogens with one attached hydrogen (secondary N) is 1. The van der Waals surface area contributed by atoms with Crippen LogP contribution in [0.4, 0.5) is 13.2 Å². The van der Waals surface area contributed by atoms with Gasteiger partial charge in [-0.05, 0) is 13.3 Å². The fourth-order valence-electron chi connectivity index (χ4n) is 0.766. The van der Waals surface area contributed by atoms with Crippen LogP contribution in [0, 0.1) is 5.41 Å².